The highest BCUT2D eigenvalue weighted by Gasteiger charge is 2.19. The zero-order valence-electron chi connectivity index (χ0n) is 13.9. The van der Waals surface area contributed by atoms with Crippen LogP contribution in [0.4, 0.5) is 11.5 Å². The quantitative estimate of drug-likeness (QED) is 0.715. The van der Waals surface area contributed by atoms with Gasteiger partial charge in [0.15, 0.2) is 5.82 Å². The molecule has 0 unspecified atom stereocenters. The van der Waals surface area contributed by atoms with Crippen molar-refractivity contribution in [2.24, 2.45) is 0 Å². The van der Waals surface area contributed by atoms with Crippen molar-refractivity contribution < 1.29 is 0 Å². The van der Waals surface area contributed by atoms with Gasteiger partial charge in [-0.1, -0.05) is 6.07 Å². The van der Waals surface area contributed by atoms with Gasteiger partial charge in [-0.3, -0.25) is 4.90 Å². The number of nitrogens with two attached hydrogens (primary N) is 2. The SMILES string of the molecule is Nc1ccc(-c2ncc3c(n2)CCN(Cc2cccnc2N)C3)cc1. The Kier molecular flexibility index (Phi) is 4.03. The van der Waals surface area contributed by atoms with Crippen LogP contribution in [0.15, 0.2) is 48.8 Å². The summed E-state index contributed by atoms with van der Waals surface area (Å²) in [5.41, 5.74) is 16.8. The van der Waals surface area contributed by atoms with Crippen molar-refractivity contribution in [2.45, 2.75) is 19.5 Å². The molecule has 6 nitrogen and oxygen atoms in total. The monoisotopic (exact) mass is 332 g/mol. The second-order valence-electron chi connectivity index (χ2n) is 6.30. The molecular formula is C19H20N6. The highest BCUT2D eigenvalue weighted by atomic mass is 15.1. The van der Waals surface area contributed by atoms with Crippen molar-refractivity contribution in [3.63, 3.8) is 0 Å². The molecule has 3 aromatic rings. The van der Waals surface area contributed by atoms with Crippen molar-refractivity contribution in [1.29, 1.82) is 0 Å². The molecule has 1 aromatic carbocycles. The maximum absolute atomic E-state index is 5.96. The van der Waals surface area contributed by atoms with Crippen LogP contribution in [-0.4, -0.2) is 26.4 Å². The predicted octanol–water partition coefficient (Wildman–Crippen LogP) is 2.26. The van der Waals surface area contributed by atoms with E-state index in [2.05, 4.69) is 14.9 Å². The van der Waals surface area contributed by atoms with Crippen LogP contribution in [0, 0.1) is 0 Å². The molecule has 126 valence electrons. The highest BCUT2D eigenvalue weighted by Crippen LogP contribution is 2.23. The third kappa shape index (κ3) is 3.29. The number of fused-ring (bicyclic) bond motifs is 1. The molecule has 4 N–H and O–H groups in total. The third-order valence-corrected chi connectivity index (χ3v) is 4.50. The van der Waals surface area contributed by atoms with E-state index in [-0.39, 0.29) is 0 Å². The van der Waals surface area contributed by atoms with Gasteiger partial charge in [0.05, 0.1) is 5.69 Å². The lowest BCUT2D eigenvalue weighted by Gasteiger charge is -2.28. The number of pyridine rings is 1. The zero-order valence-corrected chi connectivity index (χ0v) is 13.9. The molecule has 3 heterocycles. The Morgan fingerprint density at radius 3 is 2.68 bits per heavy atom. The summed E-state index contributed by atoms with van der Waals surface area (Å²) in [6.07, 6.45) is 4.56. The number of aromatic nitrogens is 3. The second kappa shape index (κ2) is 6.49. The van der Waals surface area contributed by atoms with Crippen molar-refractivity contribution >= 4 is 11.5 Å². The normalized spacial score (nSPS) is 14.2. The van der Waals surface area contributed by atoms with Crippen LogP contribution >= 0.6 is 0 Å². The standard InChI is InChI=1S/C19H20N6/c20-16-5-3-13(4-6-16)19-23-10-15-12-25(9-7-17(15)24-19)11-14-2-1-8-22-18(14)21/h1-6,8,10H,7,9,11-12,20H2,(H2,21,22). The summed E-state index contributed by atoms with van der Waals surface area (Å²) in [4.78, 5) is 15.8. The summed E-state index contributed by atoms with van der Waals surface area (Å²) in [7, 11) is 0. The van der Waals surface area contributed by atoms with Crippen LogP contribution in [0.5, 0.6) is 0 Å². The summed E-state index contributed by atoms with van der Waals surface area (Å²) in [6.45, 7) is 2.56. The van der Waals surface area contributed by atoms with Gasteiger partial charge < -0.3 is 11.5 Å². The molecule has 0 saturated heterocycles. The predicted molar refractivity (Wildman–Crippen MR) is 98.3 cm³/mol. The average Bonchev–Trinajstić information content (AvgIpc) is 2.64. The van der Waals surface area contributed by atoms with Crippen LogP contribution in [-0.2, 0) is 19.5 Å². The topological polar surface area (TPSA) is 94.0 Å². The van der Waals surface area contributed by atoms with E-state index in [4.69, 9.17) is 16.5 Å². The summed E-state index contributed by atoms with van der Waals surface area (Å²) < 4.78 is 0. The lowest BCUT2D eigenvalue weighted by Crippen LogP contribution is -2.31. The molecular weight excluding hydrogens is 312 g/mol. The number of nitrogen functional groups attached to an aromatic ring is 2. The molecule has 0 atom stereocenters. The Labute approximate surface area is 146 Å². The van der Waals surface area contributed by atoms with E-state index < -0.39 is 0 Å². The average molecular weight is 332 g/mol. The van der Waals surface area contributed by atoms with Crippen molar-refractivity contribution in [3.05, 3.63) is 65.6 Å². The number of hydrogen-bond donors (Lipinski definition) is 2. The van der Waals surface area contributed by atoms with Gasteiger partial charge in [0.2, 0.25) is 0 Å². The van der Waals surface area contributed by atoms with E-state index in [9.17, 15) is 0 Å². The second-order valence-corrected chi connectivity index (χ2v) is 6.30. The minimum atomic E-state index is 0.600. The van der Waals surface area contributed by atoms with Gasteiger partial charge in [0.1, 0.15) is 5.82 Å². The fraction of sp³-hybridized carbons (Fsp3) is 0.211. The first-order valence-electron chi connectivity index (χ1n) is 8.31. The third-order valence-electron chi connectivity index (χ3n) is 4.50. The van der Waals surface area contributed by atoms with Crippen LogP contribution in [0.25, 0.3) is 11.4 Å². The lowest BCUT2D eigenvalue weighted by molar-refractivity contribution is 0.243. The summed E-state index contributed by atoms with van der Waals surface area (Å²) in [5.74, 6) is 1.35. The van der Waals surface area contributed by atoms with E-state index in [1.165, 1.54) is 5.56 Å². The maximum atomic E-state index is 5.96. The van der Waals surface area contributed by atoms with Gasteiger partial charge >= 0.3 is 0 Å². The van der Waals surface area contributed by atoms with Crippen molar-refractivity contribution in [1.82, 2.24) is 19.9 Å². The Hall–Kier alpha value is -2.99. The molecule has 4 rings (SSSR count). The first kappa shape index (κ1) is 15.5. The Balaban J connectivity index is 1.52. The molecule has 0 saturated carbocycles. The molecule has 0 aliphatic carbocycles. The van der Waals surface area contributed by atoms with Crippen LogP contribution in [0.2, 0.25) is 0 Å². The Morgan fingerprint density at radius 2 is 1.88 bits per heavy atom. The number of hydrogen-bond acceptors (Lipinski definition) is 6. The molecule has 0 radical (unpaired) electrons. The summed E-state index contributed by atoms with van der Waals surface area (Å²) in [6, 6.07) is 11.6. The number of rotatable bonds is 3. The number of nitrogens with zero attached hydrogens (tertiary/aromatic N) is 4. The fourth-order valence-electron chi connectivity index (χ4n) is 3.11. The van der Waals surface area contributed by atoms with Crippen LogP contribution in [0.1, 0.15) is 16.8 Å². The van der Waals surface area contributed by atoms with E-state index in [0.717, 1.165) is 54.4 Å². The van der Waals surface area contributed by atoms with Crippen LogP contribution in [0.3, 0.4) is 0 Å². The van der Waals surface area contributed by atoms with Gasteiger partial charge in [-0.15, -0.1) is 0 Å². The van der Waals surface area contributed by atoms with Crippen LogP contribution < -0.4 is 11.5 Å². The van der Waals surface area contributed by atoms with Gasteiger partial charge in [0, 0.05) is 60.8 Å². The summed E-state index contributed by atoms with van der Waals surface area (Å²) >= 11 is 0. The van der Waals surface area contributed by atoms with Crippen molar-refractivity contribution in [3.8, 4) is 11.4 Å². The van der Waals surface area contributed by atoms with E-state index in [0.29, 0.717) is 5.82 Å². The number of benzene rings is 1. The molecule has 0 amide bonds. The van der Waals surface area contributed by atoms with Gasteiger partial charge in [-0.25, -0.2) is 15.0 Å². The van der Waals surface area contributed by atoms with E-state index in [1.807, 2.05) is 42.6 Å². The first-order valence-corrected chi connectivity index (χ1v) is 8.31. The molecule has 2 aromatic heterocycles. The molecule has 1 aliphatic rings. The molecule has 25 heavy (non-hydrogen) atoms. The number of anilines is 2. The minimum absolute atomic E-state index is 0.600. The van der Waals surface area contributed by atoms with Gasteiger partial charge in [-0.2, -0.15) is 0 Å². The fourth-order valence-corrected chi connectivity index (χ4v) is 3.11. The molecule has 0 bridgehead atoms. The Bertz CT molecular complexity index is 891. The maximum Gasteiger partial charge on any atom is 0.159 e. The highest BCUT2D eigenvalue weighted by molar-refractivity contribution is 5.58. The Morgan fingerprint density at radius 1 is 1.04 bits per heavy atom. The van der Waals surface area contributed by atoms with Gasteiger partial charge in [0.25, 0.3) is 0 Å². The molecule has 0 spiro atoms. The van der Waals surface area contributed by atoms with Crippen molar-refractivity contribution in [2.75, 3.05) is 18.0 Å². The molecule has 1 aliphatic heterocycles. The molecule has 6 heteroatoms. The molecule has 0 fully saturated rings. The first-order chi connectivity index (χ1) is 12.2. The summed E-state index contributed by atoms with van der Waals surface area (Å²) in [5, 5.41) is 0. The van der Waals surface area contributed by atoms with Gasteiger partial charge in [-0.05, 0) is 30.3 Å². The minimum Gasteiger partial charge on any atom is -0.399 e. The largest absolute Gasteiger partial charge is 0.399 e. The lowest BCUT2D eigenvalue weighted by atomic mass is 10.1. The zero-order chi connectivity index (χ0) is 17.2. The van der Waals surface area contributed by atoms with E-state index in [1.54, 1.807) is 6.20 Å². The smallest absolute Gasteiger partial charge is 0.159 e. The van der Waals surface area contributed by atoms with E-state index >= 15 is 0 Å².